The first-order valence-corrected chi connectivity index (χ1v) is 5.11. The lowest BCUT2D eigenvalue weighted by Gasteiger charge is -2.07. The highest BCUT2D eigenvalue weighted by molar-refractivity contribution is 5.48. The number of nitrogens with zero attached hydrogens (tertiary/aromatic N) is 1. The quantitative estimate of drug-likeness (QED) is 0.611. The summed E-state index contributed by atoms with van der Waals surface area (Å²) in [4.78, 5) is 10.2. The molecule has 88 valence electrons. The highest BCUT2D eigenvalue weighted by Crippen LogP contribution is 2.27. The van der Waals surface area contributed by atoms with E-state index in [-0.39, 0.29) is 11.7 Å². The highest BCUT2D eigenvalue weighted by Gasteiger charge is 2.14. The van der Waals surface area contributed by atoms with E-state index < -0.39 is 4.92 Å². The largest absolute Gasteiger partial charge is 0.490 e. The van der Waals surface area contributed by atoms with E-state index in [1.54, 1.807) is 12.1 Å². The first-order valence-electron chi connectivity index (χ1n) is 5.11. The number of nitrogens with two attached hydrogens (primary N) is 1. The molecule has 1 aromatic rings. The van der Waals surface area contributed by atoms with Crippen LogP contribution in [0.3, 0.4) is 0 Å². The van der Waals surface area contributed by atoms with E-state index in [4.69, 9.17) is 10.5 Å². The van der Waals surface area contributed by atoms with Gasteiger partial charge in [0, 0.05) is 12.1 Å². The Bertz CT molecular complexity index is 377. The van der Waals surface area contributed by atoms with Gasteiger partial charge in [0.25, 0.3) is 0 Å². The summed E-state index contributed by atoms with van der Waals surface area (Å²) < 4.78 is 4.98. The van der Waals surface area contributed by atoms with Crippen molar-refractivity contribution in [2.24, 2.45) is 5.73 Å². The lowest BCUT2D eigenvalue weighted by Crippen LogP contribution is -2.15. The molecule has 0 spiro atoms. The summed E-state index contributed by atoms with van der Waals surface area (Å²) in [5.74, 6) is 0.298. The molecule has 0 saturated carbocycles. The van der Waals surface area contributed by atoms with Crippen molar-refractivity contribution in [3.63, 3.8) is 0 Å². The van der Waals surface area contributed by atoms with Gasteiger partial charge in [0.1, 0.15) is 0 Å². The fourth-order valence-electron chi connectivity index (χ4n) is 1.42. The van der Waals surface area contributed by atoms with Crippen LogP contribution in [0.5, 0.6) is 5.75 Å². The Hall–Kier alpha value is -1.62. The average Bonchev–Trinajstić information content (AvgIpc) is 2.25. The first-order chi connectivity index (χ1) is 7.54. The maximum absolute atomic E-state index is 10.7. The van der Waals surface area contributed by atoms with Crippen molar-refractivity contribution >= 4 is 5.69 Å². The summed E-state index contributed by atoms with van der Waals surface area (Å²) in [7, 11) is 1.43. The van der Waals surface area contributed by atoms with Gasteiger partial charge in [-0.25, -0.2) is 0 Å². The van der Waals surface area contributed by atoms with Gasteiger partial charge in [-0.15, -0.1) is 0 Å². The van der Waals surface area contributed by atoms with Gasteiger partial charge in [0.15, 0.2) is 5.75 Å². The van der Waals surface area contributed by atoms with Gasteiger partial charge in [0.05, 0.1) is 12.0 Å². The van der Waals surface area contributed by atoms with Crippen LogP contribution in [0.2, 0.25) is 0 Å². The van der Waals surface area contributed by atoms with E-state index >= 15 is 0 Å². The number of nitro groups is 1. The van der Waals surface area contributed by atoms with E-state index in [1.807, 2.05) is 6.92 Å². The molecule has 1 unspecified atom stereocenters. The molecule has 0 bridgehead atoms. The lowest BCUT2D eigenvalue weighted by atomic mass is 10.1. The Kier molecular flexibility index (Phi) is 4.25. The van der Waals surface area contributed by atoms with Gasteiger partial charge in [-0.1, -0.05) is 6.07 Å². The molecular formula is C11H16N2O3. The number of aryl methyl sites for hydroxylation is 1. The zero-order valence-electron chi connectivity index (χ0n) is 9.47. The van der Waals surface area contributed by atoms with Crippen LogP contribution in [0.25, 0.3) is 0 Å². The molecular weight excluding hydrogens is 208 g/mol. The Morgan fingerprint density at radius 1 is 1.56 bits per heavy atom. The maximum atomic E-state index is 10.7. The minimum atomic E-state index is -0.450. The number of hydrogen-bond donors (Lipinski definition) is 1. The molecule has 2 N–H and O–H groups in total. The molecule has 0 heterocycles. The van der Waals surface area contributed by atoms with Crippen LogP contribution in [0.15, 0.2) is 18.2 Å². The number of rotatable bonds is 5. The van der Waals surface area contributed by atoms with Crippen molar-refractivity contribution in [1.29, 1.82) is 0 Å². The summed E-state index contributed by atoms with van der Waals surface area (Å²) in [5, 5.41) is 10.7. The third kappa shape index (κ3) is 3.20. The van der Waals surface area contributed by atoms with Crippen LogP contribution in [-0.4, -0.2) is 18.1 Å². The smallest absolute Gasteiger partial charge is 0.310 e. The molecule has 1 atom stereocenters. The Morgan fingerprint density at radius 2 is 2.25 bits per heavy atom. The van der Waals surface area contributed by atoms with E-state index in [0.29, 0.717) is 5.75 Å². The van der Waals surface area contributed by atoms with Crippen molar-refractivity contribution < 1.29 is 9.66 Å². The van der Waals surface area contributed by atoms with Crippen LogP contribution < -0.4 is 10.5 Å². The van der Waals surface area contributed by atoms with Gasteiger partial charge < -0.3 is 10.5 Å². The van der Waals surface area contributed by atoms with Gasteiger partial charge in [-0.2, -0.15) is 0 Å². The third-order valence-corrected chi connectivity index (χ3v) is 2.33. The number of nitro benzene ring substituents is 1. The Morgan fingerprint density at radius 3 is 2.75 bits per heavy atom. The topological polar surface area (TPSA) is 78.4 Å². The molecule has 1 rings (SSSR count). The molecule has 0 radical (unpaired) electrons. The second-order valence-corrected chi connectivity index (χ2v) is 3.78. The molecule has 0 aromatic heterocycles. The third-order valence-electron chi connectivity index (χ3n) is 2.33. The molecule has 5 heteroatoms. The summed E-state index contributed by atoms with van der Waals surface area (Å²) in [6.45, 7) is 1.93. The van der Waals surface area contributed by atoms with Crippen LogP contribution in [0, 0.1) is 10.1 Å². The second-order valence-electron chi connectivity index (χ2n) is 3.78. The average molecular weight is 224 g/mol. The van der Waals surface area contributed by atoms with Crippen molar-refractivity contribution in [1.82, 2.24) is 0 Å². The van der Waals surface area contributed by atoms with Crippen molar-refractivity contribution in [3.8, 4) is 5.75 Å². The van der Waals surface area contributed by atoms with Crippen LogP contribution in [-0.2, 0) is 6.42 Å². The Labute approximate surface area is 94.4 Å². The molecule has 5 nitrogen and oxygen atoms in total. The predicted molar refractivity (Wildman–Crippen MR) is 61.6 cm³/mol. The first kappa shape index (κ1) is 12.4. The molecule has 0 aliphatic heterocycles. The standard InChI is InChI=1S/C11H16N2O3/c1-8(12)3-4-9-5-6-10(13(14)15)11(7-9)16-2/h5-8H,3-4,12H2,1-2H3. The molecule has 0 saturated heterocycles. The molecule has 0 fully saturated rings. The molecule has 16 heavy (non-hydrogen) atoms. The van der Waals surface area contributed by atoms with Crippen LogP contribution >= 0.6 is 0 Å². The molecule has 0 aliphatic carbocycles. The summed E-state index contributed by atoms with van der Waals surface area (Å²) in [6, 6.07) is 5.03. The monoisotopic (exact) mass is 224 g/mol. The van der Waals surface area contributed by atoms with Crippen molar-refractivity contribution in [2.75, 3.05) is 7.11 Å². The van der Waals surface area contributed by atoms with Gasteiger partial charge >= 0.3 is 5.69 Å². The van der Waals surface area contributed by atoms with Crippen LogP contribution in [0.1, 0.15) is 18.9 Å². The fourth-order valence-corrected chi connectivity index (χ4v) is 1.42. The lowest BCUT2D eigenvalue weighted by molar-refractivity contribution is -0.385. The zero-order valence-corrected chi connectivity index (χ0v) is 9.47. The van der Waals surface area contributed by atoms with E-state index in [1.165, 1.54) is 13.2 Å². The normalized spacial score (nSPS) is 12.2. The predicted octanol–water partition coefficient (Wildman–Crippen LogP) is 1.88. The summed E-state index contributed by atoms with van der Waals surface area (Å²) in [5.41, 5.74) is 6.64. The molecule has 0 amide bonds. The fraction of sp³-hybridized carbons (Fsp3) is 0.455. The number of benzene rings is 1. The van der Waals surface area contributed by atoms with E-state index in [2.05, 4.69) is 0 Å². The van der Waals surface area contributed by atoms with E-state index in [9.17, 15) is 10.1 Å². The van der Waals surface area contributed by atoms with E-state index in [0.717, 1.165) is 18.4 Å². The minimum absolute atomic E-state index is 0.00736. The van der Waals surface area contributed by atoms with Gasteiger partial charge in [-0.3, -0.25) is 10.1 Å². The number of ether oxygens (including phenoxy) is 1. The number of hydrogen-bond acceptors (Lipinski definition) is 4. The van der Waals surface area contributed by atoms with Crippen molar-refractivity contribution in [2.45, 2.75) is 25.8 Å². The number of methoxy groups -OCH3 is 1. The molecule has 1 aromatic carbocycles. The Balaban J connectivity index is 2.86. The SMILES string of the molecule is COc1cc(CCC(C)N)ccc1[N+](=O)[O-]. The van der Waals surface area contributed by atoms with Gasteiger partial charge in [-0.05, 0) is 31.4 Å². The summed E-state index contributed by atoms with van der Waals surface area (Å²) >= 11 is 0. The van der Waals surface area contributed by atoms with Gasteiger partial charge in [0.2, 0.25) is 0 Å². The molecule has 0 aliphatic rings. The van der Waals surface area contributed by atoms with Crippen molar-refractivity contribution in [3.05, 3.63) is 33.9 Å². The summed E-state index contributed by atoms with van der Waals surface area (Å²) in [6.07, 6.45) is 1.65. The zero-order chi connectivity index (χ0) is 12.1. The van der Waals surface area contributed by atoms with Crippen LogP contribution in [0.4, 0.5) is 5.69 Å². The highest BCUT2D eigenvalue weighted by atomic mass is 16.6. The minimum Gasteiger partial charge on any atom is -0.490 e. The maximum Gasteiger partial charge on any atom is 0.310 e. The second kappa shape index (κ2) is 5.46.